The van der Waals surface area contributed by atoms with Crippen LogP contribution in [0.15, 0.2) is 0 Å². The second kappa shape index (κ2) is 4.99. The van der Waals surface area contributed by atoms with Crippen LogP contribution in [0.25, 0.3) is 0 Å². The molecule has 1 aliphatic rings. The van der Waals surface area contributed by atoms with E-state index >= 15 is 0 Å². The number of carbonyl (C=O) groups is 1. The average Bonchev–Trinajstić information content (AvgIpc) is 2.53. The molecule has 1 aliphatic carbocycles. The van der Waals surface area contributed by atoms with Gasteiger partial charge >= 0.3 is 13.6 Å². The molecule has 1 fully saturated rings. The summed E-state index contributed by atoms with van der Waals surface area (Å²) < 4.78 is 4.82. The molecule has 5 heteroatoms. The van der Waals surface area contributed by atoms with Gasteiger partial charge in [-0.05, 0) is 31.7 Å². The zero-order valence-corrected chi connectivity index (χ0v) is 9.62. The van der Waals surface area contributed by atoms with Crippen LogP contribution in [0.5, 0.6) is 0 Å². The molecule has 0 heterocycles. The predicted molar refractivity (Wildman–Crippen MR) is 58.4 cm³/mol. The lowest BCUT2D eigenvalue weighted by Crippen LogP contribution is -2.34. The van der Waals surface area contributed by atoms with E-state index in [1.807, 2.05) is 13.8 Å². The zero-order valence-electron chi connectivity index (χ0n) is 9.62. The van der Waals surface area contributed by atoms with Crippen molar-refractivity contribution in [3.63, 3.8) is 0 Å². The molecule has 1 rings (SSSR count). The quantitative estimate of drug-likeness (QED) is 0.668. The van der Waals surface area contributed by atoms with Gasteiger partial charge in [0.05, 0.1) is 5.41 Å². The molecule has 0 aromatic rings. The highest BCUT2D eigenvalue weighted by molar-refractivity contribution is 6.23. The minimum atomic E-state index is -0.684. The highest BCUT2D eigenvalue weighted by atomic mass is 16.4. The number of rotatable bonds is 5. The van der Waals surface area contributed by atoms with Crippen LogP contribution in [0.4, 0.5) is 0 Å². The molecule has 85 valence electrons. The van der Waals surface area contributed by atoms with Gasteiger partial charge in [-0.1, -0.05) is 13.3 Å². The summed E-state index contributed by atoms with van der Waals surface area (Å²) in [4.78, 5) is 11.2. The minimum absolute atomic E-state index is 0.219. The molecule has 2 N–H and O–H groups in total. The van der Waals surface area contributed by atoms with Crippen LogP contribution in [0.2, 0.25) is 0 Å². The van der Waals surface area contributed by atoms with E-state index in [4.69, 9.17) is 4.65 Å². The number of hydrogen-bond donors (Lipinski definition) is 2. The number of nitrogens with one attached hydrogen (secondary N) is 1. The van der Waals surface area contributed by atoms with Crippen LogP contribution in [-0.2, 0) is 9.45 Å². The van der Waals surface area contributed by atoms with Gasteiger partial charge in [0.15, 0.2) is 0 Å². The van der Waals surface area contributed by atoms with Gasteiger partial charge in [-0.15, -0.1) is 0 Å². The van der Waals surface area contributed by atoms with Gasteiger partial charge in [0.2, 0.25) is 0 Å². The summed E-state index contributed by atoms with van der Waals surface area (Å²) in [6, 6.07) is 0.219. The number of carboxylic acids is 1. The fourth-order valence-corrected chi connectivity index (χ4v) is 2.54. The molecule has 0 spiro atoms. The first-order valence-electron chi connectivity index (χ1n) is 5.38. The summed E-state index contributed by atoms with van der Waals surface area (Å²) in [5.74, 6) is -0.436. The molecule has 0 unspecified atom stereocenters. The lowest BCUT2D eigenvalue weighted by atomic mass is 9.78. The van der Waals surface area contributed by atoms with Crippen molar-refractivity contribution in [1.29, 1.82) is 0 Å². The predicted octanol–water partition coefficient (Wildman–Crippen LogP) is 1.04. The summed E-state index contributed by atoms with van der Waals surface area (Å²) in [5, 5.41) is 12.3. The first kappa shape index (κ1) is 12.5. The van der Waals surface area contributed by atoms with Gasteiger partial charge in [-0.2, -0.15) is 0 Å². The van der Waals surface area contributed by atoms with Crippen molar-refractivity contribution in [3.8, 4) is 0 Å². The monoisotopic (exact) mass is 212 g/mol. The molecule has 0 aromatic heterocycles. The topological polar surface area (TPSA) is 58.6 Å². The number of aliphatic carboxylic acids is 1. The molecule has 0 aliphatic heterocycles. The standard InChI is InChI=1S/C10H19BNO3/c1-4-7-5-8(12-11-15-3)6-10(7,2)9(13)14/h7-8,12H,4-6H2,1-3H3,(H,13,14)/t7-,8+,10+/m0/s1. The van der Waals surface area contributed by atoms with Crippen molar-refractivity contribution in [1.82, 2.24) is 5.23 Å². The highest BCUT2D eigenvalue weighted by Gasteiger charge is 2.48. The summed E-state index contributed by atoms with van der Waals surface area (Å²) in [6.45, 7) is 3.90. The third-order valence-electron chi connectivity index (χ3n) is 3.54. The summed E-state index contributed by atoms with van der Waals surface area (Å²) in [6.07, 6.45) is 2.48. The second-order valence-electron chi connectivity index (χ2n) is 4.48. The summed E-state index contributed by atoms with van der Waals surface area (Å²) in [7, 11) is 3.11. The fourth-order valence-electron chi connectivity index (χ4n) is 2.54. The molecule has 1 radical (unpaired) electrons. The van der Waals surface area contributed by atoms with Crippen LogP contribution in [0.3, 0.4) is 0 Å². The molecule has 1 saturated carbocycles. The number of carboxylic acid groups (broad SMARTS) is 1. The minimum Gasteiger partial charge on any atom is -0.481 e. The van der Waals surface area contributed by atoms with Crippen molar-refractivity contribution in [3.05, 3.63) is 0 Å². The van der Waals surface area contributed by atoms with E-state index in [2.05, 4.69) is 5.23 Å². The Kier molecular flexibility index (Phi) is 4.17. The molecule has 4 nitrogen and oxygen atoms in total. The van der Waals surface area contributed by atoms with E-state index < -0.39 is 11.4 Å². The van der Waals surface area contributed by atoms with E-state index in [0.29, 0.717) is 6.42 Å². The van der Waals surface area contributed by atoms with Crippen molar-refractivity contribution in [2.45, 2.75) is 39.2 Å². The van der Waals surface area contributed by atoms with E-state index in [0.717, 1.165) is 12.8 Å². The third-order valence-corrected chi connectivity index (χ3v) is 3.54. The molecule has 0 amide bonds. The number of hydrogen-bond acceptors (Lipinski definition) is 3. The Bertz CT molecular complexity index is 237. The van der Waals surface area contributed by atoms with Crippen LogP contribution < -0.4 is 5.23 Å². The molecule has 15 heavy (non-hydrogen) atoms. The molecule has 0 aromatic carbocycles. The molecular formula is C10H19BNO3. The first-order chi connectivity index (χ1) is 7.04. The SMILES string of the molecule is CC[C@H]1C[C@@H](N[B]OC)C[C@@]1(C)C(=O)O. The fraction of sp³-hybridized carbons (Fsp3) is 0.900. The van der Waals surface area contributed by atoms with Crippen LogP contribution in [0.1, 0.15) is 33.1 Å². The first-order valence-corrected chi connectivity index (χ1v) is 5.38. The Morgan fingerprint density at radius 3 is 2.80 bits per heavy atom. The van der Waals surface area contributed by atoms with Gasteiger partial charge in [-0.25, -0.2) is 0 Å². The maximum Gasteiger partial charge on any atom is 0.395 e. The van der Waals surface area contributed by atoms with Crippen LogP contribution in [0, 0.1) is 11.3 Å². The maximum absolute atomic E-state index is 11.2. The molecule has 0 saturated heterocycles. The zero-order chi connectivity index (χ0) is 11.5. The van der Waals surface area contributed by atoms with Gasteiger partial charge in [0.25, 0.3) is 0 Å². The van der Waals surface area contributed by atoms with Gasteiger partial charge in [-0.3, -0.25) is 4.79 Å². The van der Waals surface area contributed by atoms with Gasteiger partial charge in [0, 0.05) is 7.11 Å². The Labute approximate surface area is 91.7 Å². The molecule has 3 atom stereocenters. The average molecular weight is 212 g/mol. The van der Waals surface area contributed by atoms with E-state index in [9.17, 15) is 9.90 Å². The van der Waals surface area contributed by atoms with E-state index in [-0.39, 0.29) is 12.0 Å². The summed E-state index contributed by atoms with van der Waals surface area (Å²) >= 11 is 0. The summed E-state index contributed by atoms with van der Waals surface area (Å²) in [5.41, 5.74) is -0.589. The Hall–Kier alpha value is -0.545. The maximum atomic E-state index is 11.2. The Morgan fingerprint density at radius 1 is 1.73 bits per heavy atom. The second-order valence-corrected chi connectivity index (χ2v) is 4.48. The van der Waals surface area contributed by atoms with E-state index in [1.165, 1.54) is 7.62 Å². The lowest BCUT2D eigenvalue weighted by Gasteiger charge is -2.25. The highest BCUT2D eigenvalue weighted by Crippen LogP contribution is 2.45. The van der Waals surface area contributed by atoms with Crippen molar-refractivity contribution >= 4 is 13.6 Å². The largest absolute Gasteiger partial charge is 0.481 e. The van der Waals surface area contributed by atoms with Crippen molar-refractivity contribution in [2.75, 3.05) is 7.11 Å². The Balaban J connectivity index is 2.62. The normalized spacial score (nSPS) is 35.4. The third kappa shape index (κ3) is 2.52. The lowest BCUT2D eigenvalue weighted by molar-refractivity contribution is -0.150. The van der Waals surface area contributed by atoms with Crippen molar-refractivity contribution in [2.24, 2.45) is 11.3 Å². The van der Waals surface area contributed by atoms with Crippen molar-refractivity contribution < 1.29 is 14.6 Å². The molecule has 0 bridgehead atoms. The van der Waals surface area contributed by atoms with Crippen LogP contribution >= 0.6 is 0 Å². The van der Waals surface area contributed by atoms with Gasteiger partial charge < -0.3 is 15.0 Å². The Morgan fingerprint density at radius 2 is 2.40 bits per heavy atom. The smallest absolute Gasteiger partial charge is 0.395 e. The van der Waals surface area contributed by atoms with Gasteiger partial charge in [0.1, 0.15) is 0 Å². The molecular weight excluding hydrogens is 193 g/mol. The van der Waals surface area contributed by atoms with E-state index in [1.54, 1.807) is 7.11 Å². The van der Waals surface area contributed by atoms with Crippen LogP contribution in [-0.4, -0.2) is 31.8 Å².